The molecule has 0 aromatic carbocycles. The Hall–Kier alpha value is -0.0800. The number of hydrogen-bond acceptors (Lipinski definition) is 2. The van der Waals surface area contributed by atoms with Crippen molar-refractivity contribution in [2.45, 2.75) is 33.2 Å². The summed E-state index contributed by atoms with van der Waals surface area (Å²) < 4.78 is 0. The minimum Gasteiger partial charge on any atom is -0.330 e. The van der Waals surface area contributed by atoms with Crippen molar-refractivity contribution in [3.63, 3.8) is 0 Å². The lowest BCUT2D eigenvalue weighted by molar-refractivity contribution is 0.109. The van der Waals surface area contributed by atoms with Gasteiger partial charge in [-0.3, -0.25) is 0 Å². The van der Waals surface area contributed by atoms with Crippen molar-refractivity contribution in [2.24, 2.45) is 35.1 Å². The van der Waals surface area contributed by atoms with Gasteiger partial charge in [0.25, 0.3) is 0 Å². The van der Waals surface area contributed by atoms with Gasteiger partial charge in [-0.15, -0.1) is 0 Å². The molecule has 0 bridgehead atoms. The van der Waals surface area contributed by atoms with E-state index in [0.29, 0.717) is 17.9 Å². The van der Waals surface area contributed by atoms with E-state index in [-0.39, 0.29) is 0 Å². The molecule has 4 N–H and O–H groups in total. The fourth-order valence-corrected chi connectivity index (χ4v) is 2.39. The van der Waals surface area contributed by atoms with E-state index in [2.05, 4.69) is 20.8 Å². The summed E-state index contributed by atoms with van der Waals surface area (Å²) >= 11 is 0. The predicted octanol–water partition coefficient (Wildman–Crippen LogP) is 1.20. The van der Waals surface area contributed by atoms with Crippen LogP contribution in [-0.2, 0) is 0 Å². The second-order valence-electron chi connectivity index (χ2n) is 4.47. The third-order valence-electron chi connectivity index (χ3n) is 3.96. The van der Waals surface area contributed by atoms with Crippen molar-refractivity contribution >= 4 is 0 Å². The van der Waals surface area contributed by atoms with Crippen molar-refractivity contribution in [1.29, 1.82) is 0 Å². The minimum absolute atomic E-state index is 0.366. The third-order valence-corrected chi connectivity index (χ3v) is 3.96. The van der Waals surface area contributed by atoms with Crippen molar-refractivity contribution in [1.82, 2.24) is 0 Å². The van der Waals surface area contributed by atoms with Crippen LogP contribution in [0.4, 0.5) is 0 Å². The van der Waals surface area contributed by atoms with Gasteiger partial charge < -0.3 is 11.5 Å². The topological polar surface area (TPSA) is 52.0 Å². The normalized spacial score (nSPS) is 49.2. The smallest absolute Gasteiger partial charge is 0.00703 e. The van der Waals surface area contributed by atoms with E-state index in [4.69, 9.17) is 11.5 Å². The van der Waals surface area contributed by atoms with Gasteiger partial charge in [0.15, 0.2) is 0 Å². The Morgan fingerprint density at radius 3 is 2.17 bits per heavy atom. The lowest BCUT2D eigenvalue weighted by Gasteiger charge is -2.41. The number of hydrogen-bond donors (Lipinski definition) is 2. The molecule has 2 heteroatoms. The van der Waals surface area contributed by atoms with E-state index < -0.39 is 0 Å². The van der Waals surface area contributed by atoms with Gasteiger partial charge in [-0.05, 0) is 36.6 Å². The molecule has 1 aliphatic carbocycles. The first-order valence-electron chi connectivity index (χ1n) is 5.03. The van der Waals surface area contributed by atoms with E-state index in [1.54, 1.807) is 0 Å². The molecule has 0 saturated heterocycles. The second kappa shape index (κ2) is 3.75. The Bertz CT molecular complexity index is 142. The van der Waals surface area contributed by atoms with Gasteiger partial charge in [-0.25, -0.2) is 0 Å². The highest BCUT2D eigenvalue weighted by Gasteiger charge is 2.35. The van der Waals surface area contributed by atoms with Crippen LogP contribution in [0.15, 0.2) is 0 Å². The Morgan fingerprint density at radius 2 is 1.67 bits per heavy atom. The number of nitrogens with two attached hydrogens (primary N) is 2. The van der Waals surface area contributed by atoms with Crippen LogP contribution in [0.25, 0.3) is 0 Å². The lowest BCUT2D eigenvalue weighted by Crippen LogP contribution is -2.46. The largest absolute Gasteiger partial charge is 0.330 e. The molecule has 0 aromatic rings. The van der Waals surface area contributed by atoms with E-state index in [9.17, 15) is 0 Å². The SMILES string of the molecule is CC1C(N)CC(CN)C(C)C1C. The van der Waals surface area contributed by atoms with Crippen molar-refractivity contribution in [3.05, 3.63) is 0 Å². The van der Waals surface area contributed by atoms with Crippen LogP contribution in [0.5, 0.6) is 0 Å². The summed E-state index contributed by atoms with van der Waals surface area (Å²) in [4.78, 5) is 0. The molecule has 5 unspecified atom stereocenters. The van der Waals surface area contributed by atoms with Gasteiger partial charge in [-0.1, -0.05) is 20.8 Å². The fraction of sp³-hybridized carbons (Fsp3) is 1.00. The molecule has 0 amide bonds. The van der Waals surface area contributed by atoms with Crippen LogP contribution >= 0.6 is 0 Å². The highest BCUT2D eigenvalue weighted by molar-refractivity contribution is 4.88. The van der Waals surface area contributed by atoms with E-state index in [0.717, 1.165) is 24.8 Å². The molecule has 0 aliphatic heterocycles. The zero-order chi connectivity index (χ0) is 9.30. The van der Waals surface area contributed by atoms with E-state index >= 15 is 0 Å². The summed E-state index contributed by atoms with van der Waals surface area (Å²) in [5, 5.41) is 0. The first-order chi connectivity index (χ1) is 5.57. The quantitative estimate of drug-likeness (QED) is 0.621. The molecule has 72 valence electrons. The van der Waals surface area contributed by atoms with Crippen LogP contribution in [0.2, 0.25) is 0 Å². The maximum atomic E-state index is 6.04. The molecule has 1 saturated carbocycles. The van der Waals surface area contributed by atoms with E-state index in [1.807, 2.05) is 0 Å². The molecule has 5 atom stereocenters. The van der Waals surface area contributed by atoms with Gasteiger partial charge in [0.05, 0.1) is 0 Å². The Morgan fingerprint density at radius 1 is 1.08 bits per heavy atom. The first kappa shape index (κ1) is 10.0. The highest BCUT2D eigenvalue weighted by atomic mass is 14.7. The van der Waals surface area contributed by atoms with Gasteiger partial charge >= 0.3 is 0 Å². The van der Waals surface area contributed by atoms with Crippen LogP contribution in [-0.4, -0.2) is 12.6 Å². The molecule has 12 heavy (non-hydrogen) atoms. The minimum atomic E-state index is 0.366. The summed E-state index contributed by atoms with van der Waals surface area (Å²) in [6.07, 6.45) is 1.11. The van der Waals surface area contributed by atoms with Crippen molar-refractivity contribution < 1.29 is 0 Å². The predicted molar refractivity (Wildman–Crippen MR) is 52.6 cm³/mol. The van der Waals surface area contributed by atoms with Gasteiger partial charge in [0, 0.05) is 6.04 Å². The molecule has 2 nitrogen and oxygen atoms in total. The highest BCUT2D eigenvalue weighted by Crippen LogP contribution is 2.36. The maximum Gasteiger partial charge on any atom is 0.00703 e. The van der Waals surface area contributed by atoms with Crippen LogP contribution in [0.1, 0.15) is 27.2 Å². The summed E-state index contributed by atoms with van der Waals surface area (Å²) in [6.45, 7) is 7.67. The fourth-order valence-electron chi connectivity index (χ4n) is 2.39. The molecule has 0 aromatic heterocycles. The second-order valence-corrected chi connectivity index (χ2v) is 4.47. The molecule has 1 aliphatic rings. The van der Waals surface area contributed by atoms with Gasteiger partial charge in [0.2, 0.25) is 0 Å². The Kier molecular flexibility index (Phi) is 3.13. The zero-order valence-electron chi connectivity index (χ0n) is 8.46. The third kappa shape index (κ3) is 1.64. The van der Waals surface area contributed by atoms with Crippen molar-refractivity contribution in [3.8, 4) is 0 Å². The average Bonchev–Trinajstić information content (AvgIpc) is 2.08. The standard InChI is InChI=1S/C10H22N2/c1-6-7(2)9(5-11)4-10(12)8(6)3/h6-10H,4-5,11-12H2,1-3H3. The molecular weight excluding hydrogens is 148 g/mol. The molecule has 0 heterocycles. The summed E-state index contributed by atoms with van der Waals surface area (Å²) in [5.41, 5.74) is 11.7. The average molecular weight is 170 g/mol. The Balaban J connectivity index is 2.63. The summed E-state index contributed by atoms with van der Waals surface area (Å²) in [5.74, 6) is 2.76. The molecular formula is C10H22N2. The van der Waals surface area contributed by atoms with Gasteiger partial charge in [0.1, 0.15) is 0 Å². The first-order valence-corrected chi connectivity index (χ1v) is 5.03. The summed E-state index contributed by atoms with van der Waals surface area (Å²) in [6, 6.07) is 0.366. The molecule has 1 rings (SSSR count). The van der Waals surface area contributed by atoms with Crippen LogP contribution in [0.3, 0.4) is 0 Å². The number of rotatable bonds is 1. The van der Waals surface area contributed by atoms with E-state index in [1.165, 1.54) is 0 Å². The molecule has 0 spiro atoms. The van der Waals surface area contributed by atoms with Crippen molar-refractivity contribution in [2.75, 3.05) is 6.54 Å². The lowest BCUT2D eigenvalue weighted by atomic mass is 9.66. The summed E-state index contributed by atoms with van der Waals surface area (Å²) in [7, 11) is 0. The van der Waals surface area contributed by atoms with Gasteiger partial charge in [-0.2, -0.15) is 0 Å². The van der Waals surface area contributed by atoms with Crippen LogP contribution in [0, 0.1) is 23.7 Å². The molecule has 1 fully saturated rings. The monoisotopic (exact) mass is 170 g/mol. The van der Waals surface area contributed by atoms with Crippen LogP contribution < -0.4 is 11.5 Å². The maximum absolute atomic E-state index is 6.04. The Labute approximate surface area is 75.7 Å². The zero-order valence-corrected chi connectivity index (χ0v) is 8.46. The molecule has 0 radical (unpaired) electrons.